The van der Waals surface area contributed by atoms with Crippen molar-refractivity contribution >= 4 is 0 Å². The van der Waals surface area contributed by atoms with Crippen LogP contribution in [0.3, 0.4) is 0 Å². The van der Waals surface area contributed by atoms with Crippen molar-refractivity contribution in [3.8, 4) is 0 Å². The largest absolute Gasteiger partial charge is 0.330 e. The molecule has 0 rings (SSSR count). The average Bonchev–Trinajstić information content (AvgIpc) is 2.20. The molecule has 0 atom stereocenters. The zero-order valence-corrected chi connectivity index (χ0v) is 10.1. The highest BCUT2D eigenvalue weighted by Gasteiger charge is 2.12. The van der Waals surface area contributed by atoms with Gasteiger partial charge in [0.05, 0.1) is 0 Å². The second kappa shape index (κ2) is 9.44. The van der Waals surface area contributed by atoms with Crippen LogP contribution >= 0.6 is 0 Å². The van der Waals surface area contributed by atoms with E-state index in [2.05, 4.69) is 31.2 Å². The fraction of sp³-hybridized carbons (Fsp3) is 1.00. The van der Waals surface area contributed by atoms with Crippen LogP contribution in [0.5, 0.6) is 0 Å². The lowest BCUT2D eigenvalue weighted by molar-refractivity contribution is 0.116. The van der Waals surface area contributed by atoms with Crippen molar-refractivity contribution in [3.63, 3.8) is 0 Å². The topological polar surface area (TPSA) is 41.3 Å². The lowest BCUT2D eigenvalue weighted by Crippen LogP contribution is -2.46. The van der Waals surface area contributed by atoms with Gasteiger partial charge in [0.2, 0.25) is 0 Å². The molecule has 0 saturated carbocycles. The maximum Gasteiger partial charge on any atom is 0.0238 e. The fourth-order valence-electron chi connectivity index (χ4n) is 1.69. The SMILES string of the molecule is CCCN(NCCCN)C(CC)CC. The molecule has 0 aromatic rings. The maximum absolute atomic E-state index is 5.47. The van der Waals surface area contributed by atoms with E-state index in [1.807, 2.05) is 0 Å². The first-order valence-corrected chi connectivity index (χ1v) is 6.00. The van der Waals surface area contributed by atoms with Crippen LogP contribution in [0.2, 0.25) is 0 Å². The molecule has 0 amide bonds. The van der Waals surface area contributed by atoms with Crippen molar-refractivity contribution in [3.05, 3.63) is 0 Å². The summed E-state index contributed by atoms with van der Waals surface area (Å²) in [7, 11) is 0. The van der Waals surface area contributed by atoms with Gasteiger partial charge in [-0.2, -0.15) is 0 Å². The molecule has 0 aliphatic rings. The van der Waals surface area contributed by atoms with Gasteiger partial charge in [-0.05, 0) is 32.2 Å². The maximum atomic E-state index is 5.47. The van der Waals surface area contributed by atoms with Crippen molar-refractivity contribution in [1.29, 1.82) is 0 Å². The molecule has 0 aliphatic carbocycles. The first-order valence-electron chi connectivity index (χ1n) is 6.00. The van der Waals surface area contributed by atoms with Crippen molar-refractivity contribution in [2.45, 2.75) is 52.5 Å². The predicted octanol–water partition coefficient (Wildman–Crippen LogP) is 1.74. The highest BCUT2D eigenvalue weighted by molar-refractivity contribution is 4.65. The molecule has 3 heteroatoms. The Balaban J connectivity index is 3.85. The molecular weight excluding hydrogens is 174 g/mol. The first kappa shape index (κ1) is 13.9. The molecule has 86 valence electrons. The minimum absolute atomic E-state index is 0.674. The van der Waals surface area contributed by atoms with Crippen molar-refractivity contribution in [2.24, 2.45) is 5.73 Å². The van der Waals surface area contributed by atoms with Gasteiger partial charge in [0, 0.05) is 19.1 Å². The van der Waals surface area contributed by atoms with E-state index >= 15 is 0 Å². The van der Waals surface area contributed by atoms with E-state index in [-0.39, 0.29) is 0 Å². The Morgan fingerprint density at radius 1 is 1.21 bits per heavy atom. The Kier molecular flexibility index (Phi) is 9.35. The molecule has 0 fully saturated rings. The van der Waals surface area contributed by atoms with Crippen LogP contribution < -0.4 is 11.2 Å². The van der Waals surface area contributed by atoms with Gasteiger partial charge in [-0.25, -0.2) is 5.01 Å². The highest BCUT2D eigenvalue weighted by atomic mass is 15.5. The summed E-state index contributed by atoms with van der Waals surface area (Å²) in [6.07, 6.45) is 4.69. The number of hydrogen-bond donors (Lipinski definition) is 2. The van der Waals surface area contributed by atoms with Gasteiger partial charge in [0.1, 0.15) is 0 Å². The Bertz CT molecular complexity index is 113. The van der Waals surface area contributed by atoms with Crippen LogP contribution in [0.25, 0.3) is 0 Å². The normalized spacial score (nSPS) is 11.6. The monoisotopic (exact) mass is 201 g/mol. The molecule has 0 unspecified atom stereocenters. The molecule has 0 heterocycles. The molecule has 3 N–H and O–H groups in total. The van der Waals surface area contributed by atoms with Crippen molar-refractivity contribution < 1.29 is 0 Å². The second-order valence-corrected chi connectivity index (χ2v) is 3.71. The minimum Gasteiger partial charge on any atom is -0.330 e. The minimum atomic E-state index is 0.674. The smallest absolute Gasteiger partial charge is 0.0238 e. The third-order valence-electron chi connectivity index (χ3n) is 2.54. The molecule has 0 aromatic heterocycles. The summed E-state index contributed by atoms with van der Waals surface area (Å²) in [6, 6.07) is 0.674. The predicted molar refractivity (Wildman–Crippen MR) is 63.0 cm³/mol. The van der Waals surface area contributed by atoms with Crippen LogP contribution in [0.1, 0.15) is 46.5 Å². The van der Waals surface area contributed by atoms with Gasteiger partial charge in [-0.15, -0.1) is 0 Å². The van der Waals surface area contributed by atoms with Gasteiger partial charge >= 0.3 is 0 Å². The van der Waals surface area contributed by atoms with Crippen molar-refractivity contribution in [1.82, 2.24) is 10.4 Å². The van der Waals surface area contributed by atoms with E-state index in [1.165, 1.54) is 19.3 Å². The van der Waals surface area contributed by atoms with E-state index in [4.69, 9.17) is 5.73 Å². The summed E-state index contributed by atoms with van der Waals surface area (Å²) >= 11 is 0. The Hall–Kier alpha value is -0.120. The number of nitrogens with one attached hydrogen (secondary N) is 1. The highest BCUT2D eigenvalue weighted by Crippen LogP contribution is 2.06. The van der Waals surface area contributed by atoms with Gasteiger partial charge in [0.15, 0.2) is 0 Å². The third kappa shape index (κ3) is 5.58. The molecule has 3 nitrogen and oxygen atoms in total. The summed E-state index contributed by atoms with van der Waals surface area (Å²) < 4.78 is 0. The zero-order chi connectivity index (χ0) is 10.8. The lowest BCUT2D eigenvalue weighted by atomic mass is 10.1. The Morgan fingerprint density at radius 3 is 2.29 bits per heavy atom. The van der Waals surface area contributed by atoms with Gasteiger partial charge in [-0.1, -0.05) is 20.8 Å². The summed E-state index contributed by atoms with van der Waals surface area (Å²) in [5.74, 6) is 0. The standard InChI is InChI=1S/C11H27N3/c1-4-10-14(11(5-2)6-3)13-9-7-8-12/h11,13H,4-10,12H2,1-3H3. The molecule has 14 heavy (non-hydrogen) atoms. The number of hydrazine groups is 1. The van der Waals surface area contributed by atoms with E-state index in [0.717, 1.165) is 26.1 Å². The summed E-state index contributed by atoms with van der Waals surface area (Å²) in [5, 5.41) is 2.38. The lowest BCUT2D eigenvalue weighted by Gasteiger charge is -2.30. The van der Waals surface area contributed by atoms with Crippen molar-refractivity contribution in [2.75, 3.05) is 19.6 Å². The molecule has 0 aliphatic heterocycles. The van der Waals surface area contributed by atoms with Crippen LogP contribution in [-0.2, 0) is 0 Å². The van der Waals surface area contributed by atoms with Gasteiger partial charge in [-0.3, -0.25) is 5.43 Å². The molecule has 0 saturated heterocycles. The van der Waals surface area contributed by atoms with E-state index in [9.17, 15) is 0 Å². The molecule has 0 radical (unpaired) electrons. The summed E-state index contributed by atoms with van der Waals surface area (Å²) in [6.45, 7) is 9.64. The number of nitrogens with zero attached hydrogens (tertiary/aromatic N) is 1. The average molecular weight is 201 g/mol. The van der Waals surface area contributed by atoms with E-state index in [0.29, 0.717) is 6.04 Å². The Morgan fingerprint density at radius 2 is 1.86 bits per heavy atom. The quantitative estimate of drug-likeness (QED) is 0.441. The fourth-order valence-corrected chi connectivity index (χ4v) is 1.69. The first-order chi connectivity index (χ1) is 6.79. The van der Waals surface area contributed by atoms with Crippen LogP contribution in [0, 0.1) is 0 Å². The van der Waals surface area contributed by atoms with Crippen LogP contribution in [-0.4, -0.2) is 30.7 Å². The summed E-state index contributed by atoms with van der Waals surface area (Å²) in [4.78, 5) is 0. The Labute approximate surface area is 89.0 Å². The second-order valence-electron chi connectivity index (χ2n) is 3.71. The van der Waals surface area contributed by atoms with Gasteiger partial charge in [0.25, 0.3) is 0 Å². The van der Waals surface area contributed by atoms with Crippen LogP contribution in [0.15, 0.2) is 0 Å². The number of rotatable bonds is 9. The number of hydrogen-bond acceptors (Lipinski definition) is 3. The molecule has 0 bridgehead atoms. The zero-order valence-electron chi connectivity index (χ0n) is 10.1. The van der Waals surface area contributed by atoms with E-state index in [1.54, 1.807) is 0 Å². The van der Waals surface area contributed by atoms with Crippen LogP contribution in [0.4, 0.5) is 0 Å². The van der Waals surface area contributed by atoms with Gasteiger partial charge < -0.3 is 5.73 Å². The van der Waals surface area contributed by atoms with E-state index < -0.39 is 0 Å². The summed E-state index contributed by atoms with van der Waals surface area (Å²) in [5.41, 5.74) is 8.95. The third-order valence-corrected chi connectivity index (χ3v) is 2.54. The number of nitrogens with two attached hydrogens (primary N) is 1. The molecular formula is C11H27N3. The molecule has 0 spiro atoms. The molecule has 0 aromatic carbocycles.